The number of hydrogen-bond acceptors (Lipinski definition) is 3. The van der Waals surface area contributed by atoms with E-state index in [0.717, 1.165) is 5.56 Å². The van der Waals surface area contributed by atoms with Gasteiger partial charge >= 0.3 is 6.03 Å². The Kier molecular flexibility index (Phi) is 5.71. The Morgan fingerprint density at radius 2 is 1.87 bits per heavy atom. The summed E-state index contributed by atoms with van der Waals surface area (Å²) in [5.74, 6) is 1.18. The first-order chi connectivity index (χ1) is 11.0. The van der Waals surface area contributed by atoms with Crippen LogP contribution in [0.5, 0.6) is 11.5 Å². The van der Waals surface area contributed by atoms with E-state index in [1.54, 1.807) is 45.5 Å². The van der Waals surface area contributed by atoms with Crippen molar-refractivity contribution in [1.82, 2.24) is 5.32 Å². The smallest absolute Gasteiger partial charge is 0.321 e. The minimum Gasteiger partial charge on any atom is -0.493 e. The third-order valence-electron chi connectivity index (χ3n) is 3.39. The summed E-state index contributed by atoms with van der Waals surface area (Å²) in [5, 5.41) is 3.49. The maximum atomic E-state index is 12.3. The predicted octanol–water partition coefficient (Wildman–Crippen LogP) is 3.70. The minimum absolute atomic E-state index is 0.225. The lowest BCUT2D eigenvalue weighted by atomic mass is 10.2. The maximum Gasteiger partial charge on any atom is 0.321 e. The molecule has 0 fully saturated rings. The van der Waals surface area contributed by atoms with E-state index in [0.29, 0.717) is 28.8 Å². The van der Waals surface area contributed by atoms with E-state index in [9.17, 15) is 4.79 Å². The molecule has 23 heavy (non-hydrogen) atoms. The minimum atomic E-state index is -0.225. The van der Waals surface area contributed by atoms with Gasteiger partial charge in [-0.25, -0.2) is 4.79 Å². The SMILES string of the molecule is COc1ccc(N(C)C(=O)NCc2cccc(Cl)c2)cc1OC. The lowest BCUT2D eigenvalue weighted by Crippen LogP contribution is -2.36. The Labute approximate surface area is 140 Å². The number of ether oxygens (including phenoxy) is 2. The van der Waals surface area contributed by atoms with E-state index in [1.807, 2.05) is 18.2 Å². The Morgan fingerprint density at radius 3 is 2.52 bits per heavy atom. The number of nitrogens with one attached hydrogen (secondary N) is 1. The fourth-order valence-electron chi connectivity index (χ4n) is 2.09. The molecule has 0 atom stereocenters. The third kappa shape index (κ3) is 4.29. The van der Waals surface area contributed by atoms with Crippen LogP contribution in [0, 0.1) is 0 Å². The predicted molar refractivity (Wildman–Crippen MR) is 91.6 cm³/mol. The van der Waals surface area contributed by atoms with Crippen molar-refractivity contribution in [2.45, 2.75) is 6.54 Å². The highest BCUT2D eigenvalue weighted by Gasteiger charge is 2.13. The molecular weight excluding hydrogens is 316 g/mol. The van der Waals surface area contributed by atoms with Gasteiger partial charge in [-0.2, -0.15) is 0 Å². The number of benzene rings is 2. The summed E-state index contributed by atoms with van der Waals surface area (Å²) in [4.78, 5) is 13.8. The number of nitrogens with zero attached hydrogens (tertiary/aromatic N) is 1. The van der Waals surface area contributed by atoms with E-state index in [1.165, 1.54) is 4.90 Å². The topological polar surface area (TPSA) is 50.8 Å². The molecule has 2 aromatic rings. The summed E-state index contributed by atoms with van der Waals surface area (Å²) in [6.07, 6.45) is 0. The van der Waals surface area contributed by atoms with Crippen LogP contribution in [0.25, 0.3) is 0 Å². The van der Waals surface area contributed by atoms with Gasteiger partial charge in [-0.1, -0.05) is 23.7 Å². The first-order valence-corrected chi connectivity index (χ1v) is 7.41. The molecule has 0 aromatic heterocycles. The van der Waals surface area contributed by atoms with Crippen molar-refractivity contribution in [2.75, 3.05) is 26.2 Å². The quantitative estimate of drug-likeness (QED) is 0.907. The molecule has 122 valence electrons. The zero-order valence-electron chi connectivity index (χ0n) is 13.3. The number of carbonyl (C=O) groups is 1. The molecule has 2 rings (SSSR count). The molecule has 0 unspecified atom stereocenters. The summed E-state index contributed by atoms with van der Waals surface area (Å²) in [5.41, 5.74) is 1.64. The average molecular weight is 335 g/mol. The van der Waals surface area contributed by atoms with E-state index in [2.05, 4.69) is 5.32 Å². The second-order valence-corrected chi connectivity index (χ2v) is 5.32. The van der Waals surface area contributed by atoms with Crippen LogP contribution in [0.4, 0.5) is 10.5 Å². The molecular formula is C17H19ClN2O3. The zero-order chi connectivity index (χ0) is 16.8. The van der Waals surface area contributed by atoms with Gasteiger partial charge in [0.15, 0.2) is 11.5 Å². The number of carbonyl (C=O) groups excluding carboxylic acids is 1. The number of amides is 2. The van der Waals surface area contributed by atoms with Crippen molar-refractivity contribution in [3.05, 3.63) is 53.1 Å². The highest BCUT2D eigenvalue weighted by atomic mass is 35.5. The Bertz CT molecular complexity index is 691. The molecule has 2 aromatic carbocycles. The maximum absolute atomic E-state index is 12.3. The van der Waals surface area contributed by atoms with Gasteiger partial charge in [0, 0.05) is 30.4 Å². The molecule has 0 aliphatic carbocycles. The second kappa shape index (κ2) is 7.74. The molecule has 6 heteroatoms. The Morgan fingerprint density at radius 1 is 1.13 bits per heavy atom. The highest BCUT2D eigenvalue weighted by Crippen LogP contribution is 2.31. The third-order valence-corrected chi connectivity index (χ3v) is 3.63. The molecule has 5 nitrogen and oxygen atoms in total. The second-order valence-electron chi connectivity index (χ2n) is 4.89. The lowest BCUT2D eigenvalue weighted by Gasteiger charge is -2.19. The number of anilines is 1. The molecule has 0 bridgehead atoms. The first-order valence-electron chi connectivity index (χ1n) is 7.03. The van der Waals surface area contributed by atoms with Crippen LogP contribution in [0.15, 0.2) is 42.5 Å². The van der Waals surface area contributed by atoms with Gasteiger partial charge in [0.05, 0.1) is 14.2 Å². The van der Waals surface area contributed by atoms with Crippen molar-refractivity contribution in [3.63, 3.8) is 0 Å². The summed E-state index contributed by atoms with van der Waals surface area (Å²) in [6, 6.07) is 12.4. The van der Waals surface area contributed by atoms with E-state index < -0.39 is 0 Å². The lowest BCUT2D eigenvalue weighted by molar-refractivity contribution is 0.247. The molecule has 0 aliphatic rings. The Hall–Kier alpha value is -2.40. The van der Waals surface area contributed by atoms with Crippen molar-refractivity contribution in [2.24, 2.45) is 0 Å². The van der Waals surface area contributed by atoms with Crippen LogP contribution >= 0.6 is 11.6 Å². The average Bonchev–Trinajstić information content (AvgIpc) is 2.58. The van der Waals surface area contributed by atoms with Crippen molar-refractivity contribution < 1.29 is 14.3 Å². The normalized spacial score (nSPS) is 10.1. The van der Waals surface area contributed by atoms with Crippen LogP contribution in [-0.4, -0.2) is 27.3 Å². The Balaban J connectivity index is 2.04. The van der Waals surface area contributed by atoms with Crippen molar-refractivity contribution in [1.29, 1.82) is 0 Å². The number of methoxy groups -OCH3 is 2. The molecule has 0 radical (unpaired) electrons. The highest BCUT2D eigenvalue weighted by molar-refractivity contribution is 6.30. The standard InChI is InChI=1S/C17H19ClN2O3/c1-20(14-7-8-15(22-2)16(10-14)23-3)17(21)19-11-12-5-4-6-13(18)9-12/h4-10H,11H2,1-3H3,(H,19,21). The largest absolute Gasteiger partial charge is 0.493 e. The van der Waals surface area contributed by atoms with E-state index in [4.69, 9.17) is 21.1 Å². The molecule has 0 aliphatic heterocycles. The van der Waals surface area contributed by atoms with Gasteiger partial charge in [0.25, 0.3) is 0 Å². The molecule has 0 saturated carbocycles. The summed E-state index contributed by atoms with van der Waals surface area (Å²) < 4.78 is 10.4. The number of rotatable bonds is 5. The van der Waals surface area contributed by atoms with Crippen LogP contribution in [-0.2, 0) is 6.54 Å². The van der Waals surface area contributed by atoms with E-state index >= 15 is 0 Å². The summed E-state index contributed by atoms with van der Waals surface area (Å²) in [7, 11) is 4.81. The fraction of sp³-hybridized carbons (Fsp3) is 0.235. The number of urea groups is 1. The molecule has 0 saturated heterocycles. The van der Waals surface area contributed by atoms with Gasteiger partial charge in [-0.05, 0) is 29.8 Å². The van der Waals surface area contributed by atoms with Crippen LogP contribution < -0.4 is 19.7 Å². The number of halogens is 1. The molecule has 0 spiro atoms. The van der Waals surface area contributed by atoms with E-state index in [-0.39, 0.29) is 6.03 Å². The molecule has 0 heterocycles. The number of hydrogen-bond donors (Lipinski definition) is 1. The van der Waals surface area contributed by atoms with Crippen LogP contribution in [0.3, 0.4) is 0 Å². The zero-order valence-corrected chi connectivity index (χ0v) is 14.1. The molecule has 1 N–H and O–H groups in total. The monoisotopic (exact) mass is 334 g/mol. The van der Waals surface area contributed by atoms with Gasteiger partial charge in [0.1, 0.15) is 0 Å². The summed E-state index contributed by atoms with van der Waals surface area (Å²) in [6.45, 7) is 0.400. The van der Waals surface area contributed by atoms with Gasteiger partial charge in [-0.3, -0.25) is 4.90 Å². The van der Waals surface area contributed by atoms with Crippen molar-refractivity contribution >= 4 is 23.3 Å². The van der Waals surface area contributed by atoms with Crippen LogP contribution in [0.2, 0.25) is 5.02 Å². The first kappa shape index (κ1) is 17.0. The van der Waals surface area contributed by atoms with Gasteiger partial charge < -0.3 is 14.8 Å². The fourth-order valence-corrected chi connectivity index (χ4v) is 2.31. The van der Waals surface area contributed by atoms with Gasteiger partial charge in [0.2, 0.25) is 0 Å². The summed E-state index contributed by atoms with van der Waals surface area (Å²) >= 11 is 5.93. The van der Waals surface area contributed by atoms with Gasteiger partial charge in [-0.15, -0.1) is 0 Å². The molecule has 2 amide bonds. The van der Waals surface area contributed by atoms with Crippen molar-refractivity contribution in [3.8, 4) is 11.5 Å². The van der Waals surface area contributed by atoms with Crippen LogP contribution in [0.1, 0.15) is 5.56 Å².